The van der Waals surface area contributed by atoms with Gasteiger partial charge in [-0.25, -0.2) is 0 Å². The van der Waals surface area contributed by atoms with E-state index in [0.29, 0.717) is 5.41 Å². The fraction of sp³-hybridized carbons (Fsp3) is 0.744. The molecule has 2 saturated carbocycles. The minimum atomic E-state index is 0.454. The van der Waals surface area contributed by atoms with E-state index < -0.39 is 0 Å². The quantitative estimate of drug-likeness (QED) is 0.370. The second-order valence-electron chi connectivity index (χ2n) is 15.3. The van der Waals surface area contributed by atoms with Crippen molar-refractivity contribution in [2.45, 2.75) is 124 Å². The van der Waals surface area contributed by atoms with Crippen molar-refractivity contribution in [3.8, 4) is 0 Å². The van der Waals surface area contributed by atoms with Crippen molar-refractivity contribution in [3.63, 3.8) is 0 Å². The Morgan fingerprint density at radius 3 is 1.21 bits per heavy atom. The van der Waals surface area contributed by atoms with Crippen LogP contribution >= 0.6 is 0 Å². The predicted molar refractivity (Wildman–Crippen MR) is 174 cm³/mol. The Kier molecular flexibility index (Phi) is 8.26. The lowest BCUT2D eigenvalue weighted by molar-refractivity contribution is -0.194. The fourth-order valence-electron chi connectivity index (χ4n) is 11.2. The molecule has 0 amide bonds. The zero-order valence-electron chi connectivity index (χ0n) is 28.7. The van der Waals surface area contributed by atoms with Gasteiger partial charge in [-0.1, -0.05) is 62.3 Å². The largest absolute Gasteiger partial charge is 0.0620 e. The summed E-state index contributed by atoms with van der Waals surface area (Å²) in [6.45, 7) is 40.1. The zero-order chi connectivity index (χ0) is 29.5. The van der Waals surface area contributed by atoms with Crippen LogP contribution in [-0.2, 0) is 6.42 Å². The van der Waals surface area contributed by atoms with Crippen LogP contribution in [0.1, 0.15) is 113 Å². The van der Waals surface area contributed by atoms with Gasteiger partial charge in [-0.05, 0) is 181 Å². The van der Waals surface area contributed by atoms with Crippen molar-refractivity contribution < 1.29 is 0 Å². The zero-order valence-corrected chi connectivity index (χ0v) is 28.7. The molecule has 2 fully saturated rings. The van der Waals surface area contributed by atoms with Crippen molar-refractivity contribution in [2.75, 3.05) is 0 Å². The van der Waals surface area contributed by atoms with E-state index in [0.717, 1.165) is 59.2 Å². The van der Waals surface area contributed by atoms with Gasteiger partial charge in [0.25, 0.3) is 0 Å². The smallest absolute Gasteiger partial charge is 0.0114 e. The van der Waals surface area contributed by atoms with Crippen LogP contribution in [0.4, 0.5) is 0 Å². The Bertz CT molecular complexity index is 1210. The standard InChI is InChI=1S/C39H62/c1-19-20(2)26(8)38-30(12)35(24(6)27(9)37(38)25(19)7)17-18-36-28(10)33(15)39(34(16)29(36)11)31(13)22(4)21(3)23(5)32(39)14/h21-23,28-29,31-34,36H,17-18H2,1-16H3. The number of aryl methyl sites for hydroxylation is 4. The summed E-state index contributed by atoms with van der Waals surface area (Å²) >= 11 is 0. The molecule has 0 heterocycles. The minimum Gasteiger partial charge on any atom is -0.0620 e. The lowest BCUT2D eigenvalue weighted by Gasteiger charge is -2.67. The lowest BCUT2D eigenvalue weighted by Crippen LogP contribution is -2.62. The van der Waals surface area contributed by atoms with Crippen molar-refractivity contribution in [2.24, 2.45) is 64.6 Å². The molecule has 0 bridgehead atoms. The highest BCUT2D eigenvalue weighted by Gasteiger charge is 2.62. The van der Waals surface area contributed by atoms with Crippen molar-refractivity contribution >= 4 is 10.8 Å². The highest BCUT2D eigenvalue weighted by molar-refractivity contribution is 5.97. The van der Waals surface area contributed by atoms with Crippen molar-refractivity contribution in [1.82, 2.24) is 0 Å². The highest BCUT2D eigenvalue weighted by atomic mass is 14.7. The maximum atomic E-state index is 2.66. The van der Waals surface area contributed by atoms with Crippen LogP contribution < -0.4 is 0 Å². The molecule has 0 heteroatoms. The molecule has 2 aliphatic rings. The first-order chi connectivity index (χ1) is 18.0. The van der Waals surface area contributed by atoms with Gasteiger partial charge in [-0.2, -0.15) is 0 Å². The SMILES string of the molecule is Cc1c(C)c(C)c2c(C)c(CCC3C(C)C(C)C4(C(C)C(C)C(C)C(C)C4C)C(C)C3C)c(C)c(C)c2c1C. The summed E-state index contributed by atoms with van der Waals surface area (Å²) in [6, 6.07) is 0. The molecule has 39 heavy (non-hydrogen) atoms. The van der Waals surface area contributed by atoms with Gasteiger partial charge >= 0.3 is 0 Å². The topological polar surface area (TPSA) is 0 Å². The molecule has 2 aromatic rings. The van der Waals surface area contributed by atoms with E-state index in [1.54, 1.807) is 22.1 Å². The Balaban J connectivity index is 1.72. The molecule has 4 rings (SSSR count). The minimum absolute atomic E-state index is 0.454. The monoisotopic (exact) mass is 530 g/mol. The number of benzene rings is 2. The molecule has 1 spiro atoms. The third-order valence-corrected chi connectivity index (χ3v) is 15.0. The first-order valence-corrected chi connectivity index (χ1v) is 16.5. The Morgan fingerprint density at radius 2 is 0.769 bits per heavy atom. The summed E-state index contributed by atoms with van der Waals surface area (Å²) in [4.78, 5) is 0. The van der Waals surface area contributed by atoms with Gasteiger partial charge < -0.3 is 0 Å². The maximum absolute atomic E-state index is 2.66. The van der Waals surface area contributed by atoms with Crippen LogP contribution in [0.3, 0.4) is 0 Å². The third kappa shape index (κ3) is 4.11. The average Bonchev–Trinajstić information content (AvgIpc) is 2.90. The molecule has 218 valence electrons. The second-order valence-corrected chi connectivity index (χ2v) is 15.3. The number of fused-ring (bicyclic) bond motifs is 1. The molecule has 0 N–H and O–H groups in total. The van der Waals surface area contributed by atoms with Gasteiger partial charge in [0, 0.05) is 0 Å². The Labute approximate surface area is 243 Å². The fourth-order valence-corrected chi connectivity index (χ4v) is 11.2. The molecule has 0 saturated heterocycles. The molecule has 8 unspecified atom stereocenters. The molecule has 0 aliphatic heterocycles. The third-order valence-electron chi connectivity index (χ3n) is 15.0. The van der Waals surface area contributed by atoms with Crippen molar-refractivity contribution in [1.29, 1.82) is 0 Å². The highest BCUT2D eigenvalue weighted by Crippen LogP contribution is 2.67. The van der Waals surface area contributed by atoms with Gasteiger partial charge in [-0.3, -0.25) is 0 Å². The van der Waals surface area contributed by atoms with E-state index in [9.17, 15) is 0 Å². The summed E-state index contributed by atoms with van der Waals surface area (Å²) in [6.07, 6.45) is 2.55. The van der Waals surface area contributed by atoms with Crippen LogP contribution in [0.5, 0.6) is 0 Å². The maximum Gasteiger partial charge on any atom is -0.0114 e. The first-order valence-electron chi connectivity index (χ1n) is 16.5. The van der Waals surface area contributed by atoms with Gasteiger partial charge in [0.2, 0.25) is 0 Å². The van der Waals surface area contributed by atoms with Crippen LogP contribution in [0.25, 0.3) is 10.8 Å². The summed E-state index contributed by atoms with van der Waals surface area (Å²) in [5.41, 5.74) is 12.6. The summed E-state index contributed by atoms with van der Waals surface area (Å²) < 4.78 is 0. The van der Waals surface area contributed by atoms with E-state index >= 15 is 0 Å². The number of hydrogen-bond donors (Lipinski definition) is 0. The molecular formula is C39H62. The van der Waals surface area contributed by atoms with Crippen LogP contribution in [0, 0.1) is 113 Å². The first kappa shape index (κ1) is 30.7. The molecule has 0 aromatic heterocycles. The van der Waals surface area contributed by atoms with E-state index in [4.69, 9.17) is 0 Å². The second kappa shape index (κ2) is 10.5. The van der Waals surface area contributed by atoms with E-state index in [2.05, 4.69) is 111 Å². The van der Waals surface area contributed by atoms with Gasteiger partial charge in [0.1, 0.15) is 0 Å². The summed E-state index contributed by atoms with van der Waals surface area (Å²) in [5.74, 6) is 7.89. The molecule has 2 aromatic carbocycles. The summed E-state index contributed by atoms with van der Waals surface area (Å²) in [5, 5.41) is 3.07. The van der Waals surface area contributed by atoms with E-state index in [1.165, 1.54) is 46.0 Å². The summed E-state index contributed by atoms with van der Waals surface area (Å²) in [7, 11) is 0. The Hall–Kier alpha value is -1.30. The molecule has 0 radical (unpaired) electrons. The van der Waals surface area contributed by atoms with Gasteiger partial charge in [0.15, 0.2) is 0 Å². The van der Waals surface area contributed by atoms with E-state index in [-0.39, 0.29) is 0 Å². The van der Waals surface area contributed by atoms with Gasteiger partial charge in [0.05, 0.1) is 0 Å². The molecule has 2 aliphatic carbocycles. The lowest BCUT2D eigenvalue weighted by atomic mass is 9.38. The molecular weight excluding hydrogens is 468 g/mol. The average molecular weight is 531 g/mol. The molecule has 8 atom stereocenters. The Morgan fingerprint density at radius 1 is 0.410 bits per heavy atom. The van der Waals surface area contributed by atoms with Crippen LogP contribution in [-0.4, -0.2) is 0 Å². The van der Waals surface area contributed by atoms with Crippen LogP contribution in [0.2, 0.25) is 0 Å². The van der Waals surface area contributed by atoms with Crippen LogP contribution in [0.15, 0.2) is 0 Å². The van der Waals surface area contributed by atoms with Crippen molar-refractivity contribution in [3.05, 3.63) is 44.5 Å². The number of rotatable bonds is 3. The van der Waals surface area contributed by atoms with E-state index in [1.807, 2.05) is 0 Å². The van der Waals surface area contributed by atoms with Gasteiger partial charge in [-0.15, -0.1) is 0 Å². The normalized spacial score (nSPS) is 39.1. The number of hydrogen-bond acceptors (Lipinski definition) is 0. The molecule has 0 nitrogen and oxygen atoms in total. The predicted octanol–water partition coefficient (Wildman–Crippen LogP) is 11.3.